The van der Waals surface area contributed by atoms with Crippen molar-refractivity contribution in [1.29, 1.82) is 0 Å². The molecule has 0 aliphatic carbocycles. The third kappa shape index (κ3) is 4.20. The van der Waals surface area contributed by atoms with Crippen LogP contribution in [0, 0.1) is 5.92 Å². The Morgan fingerprint density at radius 1 is 1.00 bits per heavy atom. The summed E-state index contributed by atoms with van der Waals surface area (Å²) >= 11 is 0. The number of para-hydroxylation sites is 2. The summed E-state index contributed by atoms with van der Waals surface area (Å²) in [5.74, 6) is 0.455. The van der Waals surface area contributed by atoms with Crippen LogP contribution in [0.2, 0.25) is 0 Å². The molecule has 4 rings (SSSR count). The van der Waals surface area contributed by atoms with E-state index in [4.69, 9.17) is 4.74 Å². The second-order valence-electron chi connectivity index (χ2n) is 7.28. The minimum absolute atomic E-state index is 0.0406. The van der Waals surface area contributed by atoms with Crippen LogP contribution in [0.1, 0.15) is 12.8 Å². The number of carbonyl (C=O) groups excluding carboxylic acids is 2. The molecule has 2 N–H and O–H groups in total. The summed E-state index contributed by atoms with van der Waals surface area (Å²) in [6.45, 7) is 1.06. The summed E-state index contributed by atoms with van der Waals surface area (Å²) in [5.41, 5.74) is 1.42. The van der Waals surface area contributed by atoms with Crippen LogP contribution in [-0.4, -0.2) is 42.0 Å². The van der Waals surface area contributed by atoms with Gasteiger partial charge in [-0.25, -0.2) is 4.79 Å². The summed E-state index contributed by atoms with van der Waals surface area (Å²) in [6.07, 6.45) is 4.72. The molecule has 0 spiro atoms. The largest absolute Gasteiger partial charge is 0.495 e. The first-order valence-electron chi connectivity index (χ1n) is 9.98. The smallest absolute Gasteiger partial charge is 0.321 e. The third-order valence-electron chi connectivity index (χ3n) is 5.44. The molecule has 0 bridgehead atoms. The Hall–Kier alpha value is -3.61. The molecule has 1 aliphatic heterocycles. The zero-order chi connectivity index (χ0) is 20.9. The number of anilines is 2. The van der Waals surface area contributed by atoms with E-state index in [0.29, 0.717) is 37.4 Å². The van der Waals surface area contributed by atoms with E-state index >= 15 is 0 Å². The lowest BCUT2D eigenvalue weighted by Gasteiger charge is -2.31. The highest BCUT2D eigenvalue weighted by molar-refractivity contribution is 6.01. The minimum atomic E-state index is -0.150. The van der Waals surface area contributed by atoms with Crippen molar-refractivity contribution in [2.75, 3.05) is 30.8 Å². The van der Waals surface area contributed by atoms with E-state index in [0.717, 1.165) is 16.5 Å². The van der Waals surface area contributed by atoms with Crippen LogP contribution in [0.5, 0.6) is 5.75 Å². The van der Waals surface area contributed by atoms with Crippen LogP contribution >= 0.6 is 0 Å². The van der Waals surface area contributed by atoms with Crippen molar-refractivity contribution in [2.24, 2.45) is 5.92 Å². The van der Waals surface area contributed by atoms with Gasteiger partial charge in [0.05, 0.1) is 18.5 Å². The Morgan fingerprint density at radius 2 is 1.77 bits per heavy atom. The van der Waals surface area contributed by atoms with Gasteiger partial charge in [-0.15, -0.1) is 0 Å². The molecule has 1 saturated heterocycles. The highest BCUT2D eigenvalue weighted by Crippen LogP contribution is 2.27. The average molecular weight is 404 g/mol. The fourth-order valence-corrected chi connectivity index (χ4v) is 3.75. The molecule has 7 nitrogen and oxygen atoms in total. The summed E-state index contributed by atoms with van der Waals surface area (Å²) < 4.78 is 5.29. The fourth-order valence-electron chi connectivity index (χ4n) is 3.75. The zero-order valence-corrected chi connectivity index (χ0v) is 16.8. The van der Waals surface area contributed by atoms with Crippen LogP contribution < -0.4 is 15.4 Å². The van der Waals surface area contributed by atoms with E-state index in [1.165, 1.54) is 0 Å². The van der Waals surface area contributed by atoms with Gasteiger partial charge < -0.3 is 20.3 Å². The Bertz CT molecular complexity index is 1060. The fraction of sp³-hybridized carbons (Fsp3) is 0.261. The van der Waals surface area contributed by atoms with Crippen molar-refractivity contribution < 1.29 is 14.3 Å². The second-order valence-corrected chi connectivity index (χ2v) is 7.28. The van der Waals surface area contributed by atoms with Crippen molar-refractivity contribution in [3.63, 3.8) is 0 Å². The lowest BCUT2D eigenvalue weighted by molar-refractivity contribution is -0.121. The van der Waals surface area contributed by atoms with Crippen molar-refractivity contribution in [3.8, 4) is 5.75 Å². The number of aromatic nitrogens is 1. The number of likely N-dealkylation sites (tertiary alicyclic amines) is 1. The van der Waals surface area contributed by atoms with Crippen LogP contribution in [0.3, 0.4) is 0 Å². The van der Waals surface area contributed by atoms with Gasteiger partial charge in [0.15, 0.2) is 0 Å². The maximum absolute atomic E-state index is 12.7. The van der Waals surface area contributed by atoms with Crippen molar-refractivity contribution in [3.05, 3.63) is 60.9 Å². The average Bonchev–Trinajstić information content (AvgIpc) is 2.79. The Labute approximate surface area is 175 Å². The molecular weight excluding hydrogens is 380 g/mol. The Kier molecular flexibility index (Phi) is 5.79. The number of rotatable bonds is 4. The molecule has 154 valence electrons. The number of hydrogen-bond donors (Lipinski definition) is 2. The number of hydrogen-bond acceptors (Lipinski definition) is 4. The summed E-state index contributed by atoms with van der Waals surface area (Å²) in [4.78, 5) is 31.3. The predicted octanol–water partition coefficient (Wildman–Crippen LogP) is 4.13. The van der Waals surface area contributed by atoms with Crippen molar-refractivity contribution in [2.45, 2.75) is 12.8 Å². The Morgan fingerprint density at radius 3 is 2.57 bits per heavy atom. The number of methoxy groups -OCH3 is 1. The minimum Gasteiger partial charge on any atom is -0.495 e. The van der Waals surface area contributed by atoms with Crippen LogP contribution in [-0.2, 0) is 4.79 Å². The van der Waals surface area contributed by atoms with Gasteiger partial charge in [-0.2, -0.15) is 0 Å². The summed E-state index contributed by atoms with van der Waals surface area (Å²) in [7, 11) is 1.58. The first-order valence-corrected chi connectivity index (χ1v) is 9.98. The van der Waals surface area contributed by atoms with Crippen LogP contribution in [0.15, 0.2) is 60.9 Å². The van der Waals surface area contributed by atoms with Gasteiger partial charge in [0.25, 0.3) is 0 Å². The van der Waals surface area contributed by atoms with Gasteiger partial charge in [-0.3, -0.25) is 9.78 Å². The lowest BCUT2D eigenvalue weighted by Crippen LogP contribution is -2.43. The van der Waals surface area contributed by atoms with E-state index in [2.05, 4.69) is 15.6 Å². The number of benzene rings is 2. The molecule has 2 heterocycles. The zero-order valence-electron chi connectivity index (χ0n) is 16.8. The number of amides is 3. The van der Waals surface area contributed by atoms with Crippen LogP contribution in [0.25, 0.3) is 10.8 Å². The molecule has 3 amide bonds. The standard InChI is InChI=1S/C23H24N4O3/c1-30-21-8-3-2-6-20(21)25-22(28)16-10-13-27(14-11-16)23(29)26-19-7-4-5-17-15-24-12-9-18(17)19/h2-9,12,15-16H,10-11,13-14H2,1H3,(H,25,28)(H,26,29). The molecule has 7 heteroatoms. The first kappa shape index (κ1) is 19.7. The molecule has 1 aliphatic rings. The van der Waals surface area contributed by atoms with Crippen molar-refractivity contribution in [1.82, 2.24) is 9.88 Å². The van der Waals surface area contributed by atoms with Gasteiger partial charge in [0, 0.05) is 42.2 Å². The quantitative estimate of drug-likeness (QED) is 0.685. The van der Waals surface area contributed by atoms with Gasteiger partial charge in [0.1, 0.15) is 5.75 Å². The second kappa shape index (κ2) is 8.82. The maximum atomic E-state index is 12.7. The highest BCUT2D eigenvalue weighted by Gasteiger charge is 2.28. The molecular formula is C23H24N4O3. The van der Waals surface area contributed by atoms with Gasteiger partial charge >= 0.3 is 6.03 Å². The van der Waals surface area contributed by atoms with Crippen molar-refractivity contribution >= 4 is 34.1 Å². The molecule has 1 aromatic heterocycles. The number of carbonyl (C=O) groups is 2. The predicted molar refractivity (Wildman–Crippen MR) is 117 cm³/mol. The number of pyridine rings is 1. The molecule has 2 aromatic carbocycles. The molecule has 0 saturated carbocycles. The number of urea groups is 1. The van der Waals surface area contributed by atoms with Gasteiger partial charge in [0.2, 0.25) is 5.91 Å². The summed E-state index contributed by atoms with van der Waals surface area (Å²) in [5, 5.41) is 7.87. The molecule has 0 atom stereocenters. The number of nitrogens with one attached hydrogen (secondary N) is 2. The van der Waals surface area contributed by atoms with E-state index in [-0.39, 0.29) is 17.9 Å². The van der Waals surface area contributed by atoms with Gasteiger partial charge in [-0.05, 0) is 37.1 Å². The van der Waals surface area contributed by atoms with E-state index in [1.54, 1.807) is 24.4 Å². The number of fused-ring (bicyclic) bond motifs is 1. The highest BCUT2D eigenvalue weighted by atomic mass is 16.5. The maximum Gasteiger partial charge on any atom is 0.321 e. The van der Waals surface area contributed by atoms with E-state index < -0.39 is 0 Å². The lowest BCUT2D eigenvalue weighted by atomic mass is 9.96. The monoisotopic (exact) mass is 404 g/mol. The number of ether oxygens (including phenoxy) is 1. The molecule has 3 aromatic rings. The first-order chi connectivity index (χ1) is 14.7. The van der Waals surface area contributed by atoms with Crippen LogP contribution in [0.4, 0.5) is 16.2 Å². The normalized spacial score (nSPS) is 14.4. The SMILES string of the molecule is COc1ccccc1NC(=O)C1CCN(C(=O)Nc2cccc3cnccc23)CC1. The molecule has 30 heavy (non-hydrogen) atoms. The topological polar surface area (TPSA) is 83.6 Å². The summed E-state index contributed by atoms with van der Waals surface area (Å²) in [6, 6.07) is 14.8. The Balaban J connectivity index is 1.35. The number of nitrogens with zero attached hydrogens (tertiary/aromatic N) is 2. The number of piperidine rings is 1. The van der Waals surface area contributed by atoms with Gasteiger partial charge in [-0.1, -0.05) is 24.3 Å². The van der Waals surface area contributed by atoms with E-state index in [9.17, 15) is 9.59 Å². The molecule has 0 unspecified atom stereocenters. The molecule has 1 fully saturated rings. The molecule has 0 radical (unpaired) electrons. The van der Waals surface area contributed by atoms with E-state index in [1.807, 2.05) is 48.5 Å². The third-order valence-corrected chi connectivity index (χ3v) is 5.44.